The third-order valence-electron chi connectivity index (χ3n) is 5.08. The molecule has 8 nitrogen and oxygen atoms in total. The highest BCUT2D eigenvalue weighted by atomic mass is 16.5. The number of ether oxygens (including phenoxy) is 1. The molecule has 1 fully saturated rings. The van der Waals surface area contributed by atoms with Crippen LogP contribution < -0.4 is 26.4 Å². The number of carbonyl (C=O) groups is 1. The maximum Gasteiger partial charge on any atom is 0.227 e. The van der Waals surface area contributed by atoms with Gasteiger partial charge in [-0.25, -0.2) is 4.99 Å². The van der Waals surface area contributed by atoms with Crippen LogP contribution in [-0.4, -0.2) is 30.6 Å². The molecule has 0 atom stereocenters. The number of nitrogens with zero attached hydrogens (tertiary/aromatic N) is 3. The second kappa shape index (κ2) is 7.46. The van der Waals surface area contributed by atoms with E-state index in [9.17, 15) is 4.79 Å². The summed E-state index contributed by atoms with van der Waals surface area (Å²) in [4.78, 5) is 22.8. The van der Waals surface area contributed by atoms with Crippen LogP contribution >= 0.6 is 0 Å². The van der Waals surface area contributed by atoms with Gasteiger partial charge in [-0.1, -0.05) is 20.3 Å². The van der Waals surface area contributed by atoms with Gasteiger partial charge in [-0.05, 0) is 37.8 Å². The molecule has 1 amide bonds. The van der Waals surface area contributed by atoms with Crippen molar-refractivity contribution in [3.05, 3.63) is 18.2 Å². The van der Waals surface area contributed by atoms with Gasteiger partial charge < -0.3 is 21.5 Å². The highest BCUT2D eigenvalue weighted by Gasteiger charge is 2.42. The molecule has 1 spiro atoms. The van der Waals surface area contributed by atoms with Crippen molar-refractivity contribution in [3.8, 4) is 5.75 Å². The van der Waals surface area contributed by atoms with Crippen LogP contribution in [0.1, 0.15) is 46.0 Å². The first kappa shape index (κ1) is 19.0. The molecular formula is C19H28N6O2. The van der Waals surface area contributed by atoms with E-state index in [4.69, 9.17) is 16.2 Å². The number of hydrogen-bond acceptors (Lipinski definition) is 7. The molecule has 0 aromatic heterocycles. The Balaban J connectivity index is 1.99. The van der Waals surface area contributed by atoms with Crippen LogP contribution in [0, 0.1) is 5.92 Å². The number of hydrogen-bond donors (Lipinski definition) is 3. The minimum Gasteiger partial charge on any atom is -0.494 e. The van der Waals surface area contributed by atoms with E-state index in [1.807, 2.05) is 36.9 Å². The van der Waals surface area contributed by atoms with Gasteiger partial charge in [-0.3, -0.25) is 9.69 Å². The van der Waals surface area contributed by atoms with Crippen LogP contribution in [-0.2, 0) is 4.79 Å². The van der Waals surface area contributed by atoms with Crippen molar-refractivity contribution in [1.82, 2.24) is 0 Å². The minimum atomic E-state index is -0.512. The summed E-state index contributed by atoms with van der Waals surface area (Å²) in [5.74, 6) is 0.912. The van der Waals surface area contributed by atoms with E-state index in [-0.39, 0.29) is 17.8 Å². The van der Waals surface area contributed by atoms with Gasteiger partial charge in [0.25, 0.3) is 0 Å². The molecule has 0 radical (unpaired) electrons. The van der Waals surface area contributed by atoms with Crippen molar-refractivity contribution in [1.29, 1.82) is 0 Å². The van der Waals surface area contributed by atoms with E-state index >= 15 is 0 Å². The number of rotatable bonds is 4. The number of guanidine groups is 2. The van der Waals surface area contributed by atoms with Crippen molar-refractivity contribution in [3.63, 3.8) is 0 Å². The van der Waals surface area contributed by atoms with E-state index in [0.717, 1.165) is 31.4 Å². The van der Waals surface area contributed by atoms with Crippen LogP contribution in [0.4, 0.5) is 11.4 Å². The molecule has 0 unspecified atom stereocenters. The quantitative estimate of drug-likeness (QED) is 0.750. The Labute approximate surface area is 159 Å². The van der Waals surface area contributed by atoms with Crippen LogP contribution in [0.3, 0.4) is 0 Å². The first-order chi connectivity index (χ1) is 12.9. The standard InChI is InChI=1S/C19H28N6O2/c1-12(2)16(26)22-14-8-7-13(11-15(14)27-3)25-18(21)23-17(20)24-19(25)9-5-4-6-10-19/h7-8,11-12H,4-6,9-10H2,1-3H3,(H,22,26)(H4,20,21,23,24). The van der Waals surface area contributed by atoms with Crippen molar-refractivity contribution in [2.45, 2.75) is 51.6 Å². The average molecular weight is 372 g/mol. The SMILES string of the molecule is COc1cc(N2C(N)=NC(N)=NC23CCCCC3)ccc1NC(=O)C(C)C. The van der Waals surface area contributed by atoms with Crippen molar-refractivity contribution in [2.75, 3.05) is 17.3 Å². The number of nitrogens with one attached hydrogen (secondary N) is 1. The summed E-state index contributed by atoms with van der Waals surface area (Å²) >= 11 is 0. The number of carbonyl (C=O) groups excluding carboxylic acids is 1. The maximum atomic E-state index is 12.0. The van der Waals surface area contributed by atoms with Crippen molar-refractivity contribution in [2.24, 2.45) is 27.4 Å². The lowest BCUT2D eigenvalue weighted by atomic mass is 9.87. The Bertz CT molecular complexity index is 780. The van der Waals surface area contributed by atoms with E-state index in [1.54, 1.807) is 7.11 Å². The number of aliphatic imine (C=N–C) groups is 2. The van der Waals surface area contributed by atoms with Crippen LogP contribution in [0.25, 0.3) is 0 Å². The average Bonchev–Trinajstić information content (AvgIpc) is 2.62. The maximum absolute atomic E-state index is 12.0. The van der Waals surface area contributed by atoms with E-state index in [0.29, 0.717) is 17.4 Å². The Morgan fingerprint density at radius 1 is 1.26 bits per heavy atom. The molecule has 5 N–H and O–H groups in total. The van der Waals surface area contributed by atoms with Gasteiger partial charge in [0.1, 0.15) is 11.4 Å². The normalized spacial score (nSPS) is 18.9. The second-order valence-electron chi connectivity index (χ2n) is 7.35. The summed E-state index contributed by atoms with van der Waals surface area (Å²) in [5.41, 5.74) is 13.1. The number of anilines is 2. The summed E-state index contributed by atoms with van der Waals surface area (Å²) in [5, 5.41) is 2.89. The molecule has 1 saturated carbocycles. The molecule has 1 heterocycles. The largest absolute Gasteiger partial charge is 0.494 e. The van der Waals surface area contributed by atoms with Crippen LogP contribution in [0.2, 0.25) is 0 Å². The van der Waals surface area contributed by atoms with Gasteiger partial charge in [0.2, 0.25) is 17.8 Å². The van der Waals surface area contributed by atoms with Crippen molar-refractivity contribution >= 4 is 29.2 Å². The Kier molecular flexibility index (Phi) is 5.25. The van der Waals surface area contributed by atoms with E-state index in [1.165, 1.54) is 6.42 Å². The Morgan fingerprint density at radius 2 is 1.96 bits per heavy atom. The predicted octanol–water partition coefficient (Wildman–Crippen LogP) is 2.40. The van der Waals surface area contributed by atoms with Gasteiger partial charge in [-0.2, -0.15) is 4.99 Å². The highest BCUT2D eigenvalue weighted by Crippen LogP contribution is 2.41. The molecule has 0 bridgehead atoms. The number of methoxy groups -OCH3 is 1. The molecule has 27 heavy (non-hydrogen) atoms. The zero-order valence-corrected chi connectivity index (χ0v) is 16.2. The van der Waals surface area contributed by atoms with Gasteiger partial charge in [0.15, 0.2) is 0 Å². The predicted molar refractivity (Wildman–Crippen MR) is 108 cm³/mol. The first-order valence-electron chi connectivity index (χ1n) is 9.35. The fourth-order valence-corrected chi connectivity index (χ4v) is 3.69. The summed E-state index contributed by atoms with van der Waals surface area (Å²) in [6.45, 7) is 3.69. The topological polar surface area (TPSA) is 118 Å². The van der Waals surface area contributed by atoms with E-state index < -0.39 is 5.66 Å². The molecule has 3 rings (SSSR count). The third-order valence-corrected chi connectivity index (χ3v) is 5.08. The first-order valence-corrected chi connectivity index (χ1v) is 9.35. The monoisotopic (exact) mass is 372 g/mol. The smallest absolute Gasteiger partial charge is 0.227 e. The molecule has 2 aliphatic rings. The highest BCUT2D eigenvalue weighted by molar-refractivity contribution is 6.06. The molecule has 1 aliphatic heterocycles. The second-order valence-corrected chi connectivity index (χ2v) is 7.35. The van der Waals surface area contributed by atoms with E-state index in [2.05, 4.69) is 15.3 Å². The zero-order chi connectivity index (χ0) is 19.6. The summed E-state index contributed by atoms with van der Waals surface area (Å²) in [7, 11) is 1.57. The van der Waals surface area contributed by atoms with Crippen LogP contribution in [0.5, 0.6) is 5.75 Å². The van der Waals surface area contributed by atoms with Crippen molar-refractivity contribution < 1.29 is 9.53 Å². The summed E-state index contributed by atoms with van der Waals surface area (Å²) < 4.78 is 5.51. The van der Waals surface area contributed by atoms with Gasteiger partial charge in [-0.15, -0.1) is 0 Å². The van der Waals surface area contributed by atoms with Gasteiger partial charge in [0.05, 0.1) is 18.5 Å². The molecule has 0 saturated heterocycles. The lowest BCUT2D eigenvalue weighted by Crippen LogP contribution is -2.58. The summed E-state index contributed by atoms with van der Waals surface area (Å²) in [6, 6.07) is 5.57. The van der Waals surface area contributed by atoms with Gasteiger partial charge >= 0.3 is 0 Å². The molecule has 8 heteroatoms. The fraction of sp³-hybridized carbons (Fsp3) is 0.526. The Morgan fingerprint density at radius 3 is 2.59 bits per heavy atom. The summed E-state index contributed by atoms with van der Waals surface area (Å²) in [6.07, 6.45) is 5.00. The zero-order valence-electron chi connectivity index (χ0n) is 16.2. The fourth-order valence-electron chi connectivity index (χ4n) is 3.69. The number of benzene rings is 1. The number of amides is 1. The minimum absolute atomic E-state index is 0.0683. The van der Waals surface area contributed by atoms with Crippen LogP contribution in [0.15, 0.2) is 28.2 Å². The molecule has 1 aromatic carbocycles. The lowest BCUT2D eigenvalue weighted by Gasteiger charge is -2.45. The molecule has 146 valence electrons. The molecular weight excluding hydrogens is 344 g/mol. The molecule has 1 aromatic rings. The molecule has 1 aliphatic carbocycles. The van der Waals surface area contributed by atoms with Gasteiger partial charge in [0, 0.05) is 12.0 Å². The third kappa shape index (κ3) is 3.70. The Hall–Kier alpha value is -2.77. The lowest BCUT2D eigenvalue weighted by molar-refractivity contribution is -0.118. The number of nitrogens with two attached hydrogens (primary N) is 2.